The summed E-state index contributed by atoms with van der Waals surface area (Å²) in [5.74, 6) is -1.92. The van der Waals surface area contributed by atoms with Gasteiger partial charge in [-0.3, -0.25) is 0 Å². The minimum Gasteiger partial charge on any atom is -0.477 e. The van der Waals surface area contributed by atoms with E-state index < -0.39 is 11.9 Å². The van der Waals surface area contributed by atoms with Gasteiger partial charge in [0.15, 0.2) is 0 Å². The molecule has 0 saturated carbocycles. The molecule has 0 aliphatic heterocycles. The molecule has 6 heteroatoms. The number of rotatable bonds is 10. The summed E-state index contributed by atoms with van der Waals surface area (Å²) in [6, 6.07) is 0. The van der Waals surface area contributed by atoms with Crippen LogP contribution in [-0.2, 0) is 19.3 Å². The Morgan fingerprint density at radius 2 is 1.15 bits per heavy atom. The Labute approximate surface area is 160 Å². The van der Waals surface area contributed by atoms with Crippen LogP contribution in [0.5, 0.6) is 0 Å². The average Bonchev–Trinajstić information content (AvgIpc) is 3.09. The lowest BCUT2D eigenvalue weighted by molar-refractivity contribution is 0.0679. The predicted octanol–water partition coefficient (Wildman–Crippen LogP) is 4.63. The SMILES string of the molecule is CCCCc1c(Cc2[nH]c(C(=O)O)c(C)c2CCCC)[nH]c(C(=O)O)c1C. The summed E-state index contributed by atoms with van der Waals surface area (Å²) >= 11 is 0. The quantitative estimate of drug-likeness (QED) is 0.486. The fourth-order valence-electron chi connectivity index (χ4n) is 3.68. The van der Waals surface area contributed by atoms with Crippen molar-refractivity contribution in [1.29, 1.82) is 0 Å². The van der Waals surface area contributed by atoms with Crippen molar-refractivity contribution in [2.45, 2.75) is 72.6 Å². The minimum absolute atomic E-state index is 0.230. The zero-order valence-corrected chi connectivity index (χ0v) is 16.7. The first-order valence-electron chi connectivity index (χ1n) is 9.68. The molecular weight excluding hydrogens is 344 g/mol. The van der Waals surface area contributed by atoms with Crippen LogP contribution in [0.2, 0.25) is 0 Å². The summed E-state index contributed by atoms with van der Waals surface area (Å²) < 4.78 is 0. The van der Waals surface area contributed by atoms with E-state index in [1.807, 2.05) is 13.8 Å². The van der Waals surface area contributed by atoms with Gasteiger partial charge < -0.3 is 20.2 Å². The minimum atomic E-state index is -0.961. The van der Waals surface area contributed by atoms with E-state index in [2.05, 4.69) is 23.8 Å². The number of carboxylic acid groups (broad SMARTS) is 2. The molecule has 0 radical (unpaired) electrons. The van der Waals surface area contributed by atoms with Gasteiger partial charge >= 0.3 is 11.9 Å². The second-order valence-corrected chi connectivity index (χ2v) is 7.16. The molecule has 2 heterocycles. The second-order valence-electron chi connectivity index (χ2n) is 7.16. The number of unbranched alkanes of at least 4 members (excludes halogenated alkanes) is 2. The van der Waals surface area contributed by atoms with Crippen LogP contribution in [0.1, 0.15) is 94.1 Å². The first-order valence-corrected chi connectivity index (χ1v) is 9.68. The summed E-state index contributed by atoms with van der Waals surface area (Å²) in [6.07, 6.45) is 6.14. The molecule has 4 N–H and O–H groups in total. The Kier molecular flexibility index (Phi) is 6.88. The van der Waals surface area contributed by atoms with Crippen molar-refractivity contribution in [3.63, 3.8) is 0 Å². The Hall–Kier alpha value is -2.50. The van der Waals surface area contributed by atoms with E-state index in [-0.39, 0.29) is 11.4 Å². The maximum atomic E-state index is 11.6. The number of aromatic carboxylic acids is 2. The fourth-order valence-corrected chi connectivity index (χ4v) is 3.68. The molecule has 2 aromatic rings. The number of H-pyrrole nitrogens is 2. The molecule has 148 valence electrons. The summed E-state index contributed by atoms with van der Waals surface area (Å²) in [4.78, 5) is 29.3. The molecule has 0 aliphatic carbocycles. The highest BCUT2D eigenvalue weighted by Crippen LogP contribution is 2.27. The Morgan fingerprint density at radius 1 is 0.778 bits per heavy atom. The number of aromatic amines is 2. The maximum absolute atomic E-state index is 11.6. The van der Waals surface area contributed by atoms with Gasteiger partial charge in [-0.15, -0.1) is 0 Å². The van der Waals surface area contributed by atoms with Crippen molar-refractivity contribution in [1.82, 2.24) is 9.97 Å². The normalized spacial score (nSPS) is 11.1. The molecule has 0 aliphatic rings. The Morgan fingerprint density at radius 3 is 1.44 bits per heavy atom. The smallest absolute Gasteiger partial charge is 0.352 e. The summed E-state index contributed by atoms with van der Waals surface area (Å²) in [5.41, 5.74) is 5.84. The average molecular weight is 374 g/mol. The van der Waals surface area contributed by atoms with Crippen molar-refractivity contribution in [2.24, 2.45) is 0 Å². The molecule has 27 heavy (non-hydrogen) atoms. The van der Waals surface area contributed by atoms with Crippen molar-refractivity contribution < 1.29 is 19.8 Å². The topological polar surface area (TPSA) is 106 Å². The Bertz CT molecular complexity index is 762. The lowest BCUT2D eigenvalue weighted by Crippen LogP contribution is -2.01. The first kappa shape index (κ1) is 20.8. The molecule has 0 aromatic carbocycles. The number of carboxylic acids is 2. The van der Waals surface area contributed by atoms with Crippen LogP contribution in [0.4, 0.5) is 0 Å². The second kappa shape index (κ2) is 8.93. The van der Waals surface area contributed by atoms with Crippen LogP contribution in [0.25, 0.3) is 0 Å². The molecule has 0 atom stereocenters. The molecule has 0 bridgehead atoms. The van der Waals surface area contributed by atoms with Crippen LogP contribution in [0.15, 0.2) is 0 Å². The highest BCUT2D eigenvalue weighted by Gasteiger charge is 2.22. The molecule has 2 rings (SSSR count). The largest absolute Gasteiger partial charge is 0.477 e. The van der Waals surface area contributed by atoms with Gasteiger partial charge in [0.1, 0.15) is 11.4 Å². The van der Waals surface area contributed by atoms with Crippen LogP contribution < -0.4 is 0 Å². The van der Waals surface area contributed by atoms with Gasteiger partial charge in [-0.05, 0) is 61.8 Å². The molecule has 0 fully saturated rings. The number of hydrogen-bond acceptors (Lipinski definition) is 2. The van der Waals surface area contributed by atoms with E-state index in [0.717, 1.165) is 72.2 Å². The molecular formula is C21H30N2O4. The van der Waals surface area contributed by atoms with Crippen LogP contribution >= 0.6 is 0 Å². The molecule has 0 spiro atoms. The van der Waals surface area contributed by atoms with Gasteiger partial charge in [0, 0.05) is 17.8 Å². The van der Waals surface area contributed by atoms with Gasteiger partial charge in [0.05, 0.1) is 0 Å². The summed E-state index contributed by atoms with van der Waals surface area (Å²) in [5, 5.41) is 18.9. The lowest BCUT2D eigenvalue weighted by Gasteiger charge is -2.08. The summed E-state index contributed by atoms with van der Waals surface area (Å²) in [7, 11) is 0. The summed E-state index contributed by atoms with van der Waals surface area (Å²) in [6.45, 7) is 7.90. The third kappa shape index (κ3) is 4.43. The highest BCUT2D eigenvalue weighted by molar-refractivity contribution is 5.89. The van der Waals surface area contributed by atoms with Crippen LogP contribution in [0.3, 0.4) is 0 Å². The number of aromatic nitrogens is 2. The van der Waals surface area contributed by atoms with Crippen molar-refractivity contribution in [3.8, 4) is 0 Å². The lowest BCUT2D eigenvalue weighted by atomic mass is 9.98. The predicted molar refractivity (Wildman–Crippen MR) is 105 cm³/mol. The molecule has 2 aromatic heterocycles. The van der Waals surface area contributed by atoms with E-state index in [1.165, 1.54) is 0 Å². The third-order valence-electron chi connectivity index (χ3n) is 5.28. The zero-order chi connectivity index (χ0) is 20.1. The third-order valence-corrected chi connectivity index (χ3v) is 5.28. The van der Waals surface area contributed by atoms with E-state index in [1.54, 1.807) is 0 Å². The standard InChI is InChI=1S/C21H30N2O4/c1-5-7-9-14-12(3)18(20(24)25)22-16(14)11-17-15(10-8-6-2)13(4)19(23-17)21(26)27/h22-23H,5-11H2,1-4H3,(H,24,25)(H,26,27). The molecule has 0 amide bonds. The number of hydrogen-bond donors (Lipinski definition) is 4. The molecule has 0 unspecified atom stereocenters. The first-order chi connectivity index (χ1) is 12.8. The van der Waals surface area contributed by atoms with Crippen LogP contribution in [-0.4, -0.2) is 32.1 Å². The van der Waals surface area contributed by atoms with Crippen molar-refractivity contribution in [3.05, 3.63) is 45.0 Å². The zero-order valence-electron chi connectivity index (χ0n) is 16.7. The van der Waals surface area contributed by atoms with Gasteiger partial charge in [-0.2, -0.15) is 0 Å². The number of carbonyl (C=O) groups is 2. The molecule has 6 nitrogen and oxygen atoms in total. The van der Waals surface area contributed by atoms with Gasteiger partial charge in [0.2, 0.25) is 0 Å². The monoisotopic (exact) mass is 374 g/mol. The van der Waals surface area contributed by atoms with Crippen molar-refractivity contribution >= 4 is 11.9 Å². The van der Waals surface area contributed by atoms with Gasteiger partial charge in [0.25, 0.3) is 0 Å². The molecule has 0 saturated heterocycles. The van der Waals surface area contributed by atoms with E-state index in [4.69, 9.17) is 0 Å². The van der Waals surface area contributed by atoms with Gasteiger partial charge in [-0.1, -0.05) is 26.7 Å². The number of nitrogens with one attached hydrogen (secondary N) is 2. The van der Waals surface area contributed by atoms with E-state index in [0.29, 0.717) is 6.42 Å². The van der Waals surface area contributed by atoms with Crippen LogP contribution in [0, 0.1) is 13.8 Å². The fraction of sp³-hybridized carbons (Fsp3) is 0.524. The van der Waals surface area contributed by atoms with Gasteiger partial charge in [-0.25, -0.2) is 9.59 Å². The maximum Gasteiger partial charge on any atom is 0.352 e. The van der Waals surface area contributed by atoms with Crippen molar-refractivity contribution in [2.75, 3.05) is 0 Å². The highest BCUT2D eigenvalue weighted by atomic mass is 16.4. The Balaban J connectivity index is 2.49. The van der Waals surface area contributed by atoms with E-state index in [9.17, 15) is 19.8 Å². The van der Waals surface area contributed by atoms with E-state index >= 15 is 0 Å².